The summed E-state index contributed by atoms with van der Waals surface area (Å²) in [6.45, 7) is 3.49. The van der Waals surface area contributed by atoms with Gasteiger partial charge >= 0.3 is 0 Å². The Labute approximate surface area is 105 Å². The summed E-state index contributed by atoms with van der Waals surface area (Å²) < 4.78 is 5.72. The lowest BCUT2D eigenvalue weighted by Gasteiger charge is -2.32. The smallest absolute Gasteiger partial charge is 0.295 e. The van der Waals surface area contributed by atoms with Gasteiger partial charge in [0.1, 0.15) is 17.5 Å². The van der Waals surface area contributed by atoms with Gasteiger partial charge in [-0.2, -0.15) is 0 Å². The van der Waals surface area contributed by atoms with Crippen LogP contribution in [-0.2, 0) is 14.4 Å². The molecule has 0 aromatic heterocycles. The maximum absolute atomic E-state index is 11.9. The van der Waals surface area contributed by atoms with Crippen LogP contribution in [0.2, 0.25) is 0 Å². The summed E-state index contributed by atoms with van der Waals surface area (Å²) in [5.74, 6) is -0.0696. The summed E-state index contributed by atoms with van der Waals surface area (Å²) >= 11 is 0. The predicted molar refractivity (Wildman–Crippen MR) is 62.3 cm³/mol. The lowest BCUT2D eigenvalue weighted by Crippen LogP contribution is -2.43. The first-order valence-corrected chi connectivity index (χ1v) is 6.12. The maximum Gasteiger partial charge on any atom is 0.295 e. The summed E-state index contributed by atoms with van der Waals surface area (Å²) in [5, 5.41) is 9.81. The Bertz CT molecular complexity index is 394. The van der Waals surface area contributed by atoms with Gasteiger partial charge in [0.15, 0.2) is 0 Å². The Morgan fingerprint density at radius 2 is 2.28 bits per heavy atom. The van der Waals surface area contributed by atoms with E-state index in [0.29, 0.717) is 19.3 Å². The molecule has 2 rings (SSSR count). The highest BCUT2D eigenvalue weighted by Crippen LogP contribution is 2.34. The fourth-order valence-corrected chi connectivity index (χ4v) is 2.54. The van der Waals surface area contributed by atoms with E-state index in [2.05, 4.69) is 0 Å². The van der Waals surface area contributed by atoms with Crippen LogP contribution in [0.15, 0.2) is 12.2 Å². The number of Topliss-reactive ketones (excluding diaryl/α,β-unsaturated/α-hetero) is 1. The van der Waals surface area contributed by atoms with E-state index in [1.807, 2.05) is 6.92 Å². The van der Waals surface area contributed by atoms with Crippen LogP contribution >= 0.6 is 0 Å². The van der Waals surface area contributed by atoms with Crippen molar-refractivity contribution >= 4 is 5.78 Å². The average Bonchev–Trinajstić information content (AvgIpc) is 2.76. The molecule has 2 bridgehead atoms. The first-order valence-electron chi connectivity index (χ1n) is 6.12. The van der Waals surface area contributed by atoms with Crippen LogP contribution in [0.1, 0.15) is 33.1 Å². The highest BCUT2D eigenvalue weighted by Gasteiger charge is 2.43. The number of carbonyl (C=O) groups is 1. The van der Waals surface area contributed by atoms with Crippen molar-refractivity contribution in [3.63, 3.8) is 0 Å². The molecule has 0 aromatic carbocycles. The first kappa shape index (κ1) is 13.0. The Balaban J connectivity index is 2.22. The van der Waals surface area contributed by atoms with Gasteiger partial charge in [-0.15, -0.1) is 10.1 Å². The third-order valence-corrected chi connectivity index (χ3v) is 3.76. The number of ketones is 1. The van der Waals surface area contributed by atoms with E-state index in [1.54, 1.807) is 19.1 Å². The molecule has 0 saturated carbocycles. The summed E-state index contributed by atoms with van der Waals surface area (Å²) in [6.07, 6.45) is 4.22. The Morgan fingerprint density at radius 3 is 2.94 bits per heavy atom. The van der Waals surface area contributed by atoms with Crippen molar-refractivity contribution in [1.29, 1.82) is 0 Å². The molecule has 0 N–H and O–H groups in total. The molecule has 2 aliphatic heterocycles. The summed E-state index contributed by atoms with van der Waals surface area (Å²) in [4.78, 5) is 27.3. The van der Waals surface area contributed by atoms with Gasteiger partial charge in [0.25, 0.3) is 5.09 Å². The zero-order valence-electron chi connectivity index (χ0n) is 10.5. The van der Waals surface area contributed by atoms with Gasteiger partial charge < -0.3 is 9.57 Å². The van der Waals surface area contributed by atoms with E-state index in [1.165, 1.54) is 0 Å². The zero-order valence-corrected chi connectivity index (χ0v) is 10.5. The Kier molecular flexibility index (Phi) is 3.38. The van der Waals surface area contributed by atoms with Gasteiger partial charge in [-0.05, 0) is 19.8 Å². The molecule has 100 valence electrons. The second kappa shape index (κ2) is 4.68. The standard InChI is InChI=1S/C12H17NO5/c1-8-9(14)4-3-7-12(2,18-13(15)16)11-6-5-10(8)17-11/h5-6,8,10-11H,3-4,7H2,1-2H3/t8-,10?,11+,12+/m1/s1. The van der Waals surface area contributed by atoms with Crippen molar-refractivity contribution < 1.29 is 19.5 Å². The van der Waals surface area contributed by atoms with Crippen molar-refractivity contribution in [2.24, 2.45) is 5.92 Å². The predicted octanol–water partition coefficient (Wildman–Crippen LogP) is 1.67. The van der Waals surface area contributed by atoms with Crippen molar-refractivity contribution in [3.8, 4) is 0 Å². The van der Waals surface area contributed by atoms with Crippen molar-refractivity contribution in [2.75, 3.05) is 0 Å². The van der Waals surface area contributed by atoms with Gasteiger partial charge in [-0.25, -0.2) is 0 Å². The highest BCUT2D eigenvalue weighted by atomic mass is 17.0. The summed E-state index contributed by atoms with van der Waals surface area (Å²) in [5.41, 5.74) is -1.01. The van der Waals surface area contributed by atoms with Crippen molar-refractivity contribution in [2.45, 2.75) is 50.9 Å². The van der Waals surface area contributed by atoms with Crippen LogP contribution in [0.25, 0.3) is 0 Å². The number of nitrogens with zero attached hydrogens (tertiary/aromatic N) is 1. The van der Waals surface area contributed by atoms with Crippen LogP contribution in [0, 0.1) is 16.0 Å². The molecule has 1 fully saturated rings. The second-order valence-electron chi connectivity index (χ2n) is 5.14. The van der Waals surface area contributed by atoms with E-state index < -0.39 is 16.8 Å². The molecule has 0 radical (unpaired) electrons. The quantitative estimate of drug-likeness (QED) is 0.426. The molecule has 0 amide bonds. The van der Waals surface area contributed by atoms with Crippen LogP contribution < -0.4 is 0 Å². The van der Waals surface area contributed by atoms with Gasteiger partial charge in [0, 0.05) is 12.3 Å². The van der Waals surface area contributed by atoms with Crippen molar-refractivity contribution in [1.82, 2.24) is 0 Å². The molecule has 6 nitrogen and oxygen atoms in total. The van der Waals surface area contributed by atoms with E-state index in [-0.39, 0.29) is 17.8 Å². The molecular weight excluding hydrogens is 238 g/mol. The molecule has 1 saturated heterocycles. The largest absolute Gasteiger partial charge is 0.363 e. The zero-order chi connectivity index (χ0) is 13.3. The maximum atomic E-state index is 11.9. The van der Waals surface area contributed by atoms with Gasteiger partial charge in [-0.3, -0.25) is 4.79 Å². The number of fused-ring (bicyclic) bond motifs is 2. The van der Waals surface area contributed by atoms with Crippen LogP contribution in [-0.4, -0.2) is 28.7 Å². The summed E-state index contributed by atoms with van der Waals surface area (Å²) in [6, 6.07) is 0. The number of hydrogen-bond donors (Lipinski definition) is 0. The van der Waals surface area contributed by atoms with E-state index in [0.717, 1.165) is 0 Å². The lowest BCUT2D eigenvalue weighted by atomic mass is 9.89. The molecule has 6 heteroatoms. The van der Waals surface area contributed by atoms with Crippen LogP contribution in [0.3, 0.4) is 0 Å². The molecule has 0 spiro atoms. The van der Waals surface area contributed by atoms with Gasteiger partial charge in [-0.1, -0.05) is 19.1 Å². The molecule has 2 heterocycles. The molecule has 2 aliphatic rings. The third kappa shape index (κ3) is 2.38. The molecule has 0 aliphatic carbocycles. The van der Waals surface area contributed by atoms with Crippen molar-refractivity contribution in [3.05, 3.63) is 22.3 Å². The summed E-state index contributed by atoms with van der Waals surface area (Å²) in [7, 11) is 0. The van der Waals surface area contributed by atoms with Crippen LogP contribution in [0.5, 0.6) is 0 Å². The van der Waals surface area contributed by atoms with E-state index in [4.69, 9.17) is 9.57 Å². The monoisotopic (exact) mass is 255 g/mol. The SMILES string of the molecule is C[C@@H]1C(=O)CCC[C@](C)(O[N+](=O)[O-])[C@@H]2C=CC1O2. The Morgan fingerprint density at radius 1 is 1.56 bits per heavy atom. The number of ether oxygens (including phenoxy) is 1. The molecule has 0 aromatic rings. The first-order chi connectivity index (χ1) is 8.42. The van der Waals surface area contributed by atoms with E-state index in [9.17, 15) is 14.9 Å². The van der Waals surface area contributed by atoms with E-state index >= 15 is 0 Å². The average molecular weight is 255 g/mol. The van der Waals surface area contributed by atoms with Crippen LogP contribution in [0.4, 0.5) is 0 Å². The molecule has 1 unspecified atom stereocenters. The number of carbonyl (C=O) groups excluding carboxylic acids is 1. The minimum Gasteiger partial charge on any atom is -0.363 e. The fraction of sp³-hybridized carbons (Fsp3) is 0.750. The topological polar surface area (TPSA) is 78.7 Å². The highest BCUT2D eigenvalue weighted by molar-refractivity contribution is 5.81. The second-order valence-corrected chi connectivity index (χ2v) is 5.14. The molecule has 18 heavy (non-hydrogen) atoms. The third-order valence-electron chi connectivity index (χ3n) is 3.76. The normalized spacial score (nSPS) is 39.9. The fourth-order valence-electron chi connectivity index (χ4n) is 2.54. The number of rotatable bonds is 2. The Hall–Kier alpha value is -1.43. The minimum absolute atomic E-state index is 0.135. The molecule has 4 atom stereocenters. The number of hydrogen-bond acceptors (Lipinski definition) is 5. The van der Waals surface area contributed by atoms with Gasteiger partial charge in [0.05, 0.1) is 6.10 Å². The minimum atomic E-state index is -1.01. The molecular formula is C12H17NO5. The lowest BCUT2D eigenvalue weighted by molar-refractivity contribution is -0.782. The van der Waals surface area contributed by atoms with Gasteiger partial charge in [0.2, 0.25) is 0 Å².